The van der Waals surface area contributed by atoms with Crippen LogP contribution in [0.2, 0.25) is 0 Å². The largest absolute Gasteiger partial charge is 0.401 e. The number of hydrogen-bond acceptors (Lipinski definition) is 1. The molecule has 0 bridgehead atoms. The molecular formula is C7H8BrF3N2. The molecule has 1 aromatic heterocycles. The minimum Gasteiger partial charge on any atom is -0.363 e. The van der Waals surface area contributed by atoms with E-state index in [-0.39, 0.29) is 6.54 Å². The van der Waals surface area contributed by atoms with Crippen molar-refractivity contribution in [2.45, 2.75) is 12.7 Å². The van der Waals surface area contributed by atoms with E-state index in [0.717, 1.165) is 10.2 Å². The summed E-state index contributed by atoms with van der Waals surface area (Å²) in [6.07, 6.45) is -2.48. The summed E-state index contributed by atoms with van der Waals surface area (Å²) in [4.78, 5) is 2.81. The lowest BCUT2D eigenvalue weighted by Gasteiger charge is -2.06. The minimum atomic E-state index is -4.15. The molecule has 74 valence electrons. The van der Waals surface area contributed by atoms with Crippen LogP contribution in [0.15, 0.2) is 16.7 Å². The van der Waals surface area contributed by atoms with Gasteiger partial charge < -0.3 is 10.3 Å². The van der Waals surface area contributed by atoms with Crippen LogP contribution in [0.25, 0.3) is 0 Å². The van der Waals surface area contributed by atoms with Gasteiger partial charge >= 0.3 is 6.18 Å². The summed E-state index contributed by atoms with van der Waals surface area (Å²) in [5, 5.41) is 2.28. The van der Waals surface area contributed by atoms with Crippen molar-refractivity contribution in [2.75, 3.05) is 6.54 Å². The maximum Gasteiger partial charge on any atom is 0.401 e. The van der Waals surface area contributed by atoms with E-state index in [0.29, 0.717) is 0 Å². The smallest absolute Gasteiger partial charge is 0.363 e. The highest BCUT2D eigenvalue weighted by Crippen LogP contribution is 2.13. The van der Waals surface area contributed by atoms with Gasteiger partial charge in [0.2, 0.25) is 0 Å². The van der Waals surface area contributed by atoms with E-state index in [1.165, 1.54) is 0 Å². The molecule has 6 heteroatoms. The molecule has 0 aliphatic carbocycles. The van der Waals surface area contributed by atoms with Crippen LogP contribution in [-0.4, -0.2) is 17.7 Å². The van der Waals surface area contributed by atoms with Gasteiger partial charge in [0.1, 0.15) is 0 Å². The molecule has 0 atom stereocenters. The monoisotopic (exact) mass is 256 g/mol. The summed E-state index contributed by atoms with van der Waals surface area (Å²) in [6, 6.07) is 1.73. The molecule has 0 aromatic carbocycles. The number of H-pyrrole nitrogens is 1. The normalized spacial score (nSPS) is 12.0. The lowest BCUT2D eigenvalue weighted by atomic mass is 10.4. The highest BCUT2D eigenvalue weighted by Gasteiger charge is 2.26. The maximum atomic E-state index is 11.7. The molecule has 0 saturated carbocycles. The summed E-state index contributed by atoms with van der Waals surface area (Å²) in [5.41, 5.74) is 0.719. The van der Waals surface area contributed by atoms with Crippen molar-refractivity contribution in [1.29, 1.82) is 0 Å². The van der Waals surface area contributed by atoms with Crippen molar-refractivity contribution in [3.63, 3.8) is 0 Å². The topological polar surface area (TPSA) is 27.8 Å². The molecule has 13 heavy (non-hydrogen) atoms. The summed E-state index contributed by atoms with van der Waals surface area (Å²) in [6.45, 7) is -0.783. The van der Waals surface area contributed by atoms with Gasteiger partial charge in [0.05, 0.1) is 6.54 Å². The van der Waals surface area contributed by atoms with Crippen LogP contribution in [0.1, 0.15) is 5.69 Å². The molecule has 2 N–H and O–H groups in total. The van der Waals surface area contributed by atoms with E-state index in [4.69, 9.17) is 0 Å². The molecular weight excluding hydrogens is 249 g/mol. The number of aromatic nitrogens is 1. The van der Waals surface area contributed by atoms with Gasteiger partial charge in [-0.2, -0.15) is 13.2 Å². The number of aromatic amines is 1. The lowest BCUT2D eigenvalue weighted by molar-refractivity contribution is -0.125. The minimum absolute atomic E-state index is 0.186. The van der Waals surface area contributed by atoms with Gasteiger partial charge in [0, 0.05) is 22.9 Å². The van der Waals surface area contributed by atoms with Gasteiger partial charge in [0.15, 0.2) is 0 Å². The Morgan fingerprint density at radius 3 is 2.62 bits per heavy atom. The molecule has 0 amide bonds. The summed E-state index contributed by atoms with van der Waals surface area (Å²) >= 11 is 3.18. The van der Waals surface area contributed by atoms with Gasteiger partial charge in [-0.1, -0.05) is 0 Å². The van der Waals surface area contributed by atoms with Crippen molar-refractivity contribution < 1.29 is 13.2 Å². The summed E-state index contributed by atoms with van der Waals surface area (Å²) in [7, 11) is 0. The number of nitrogens with one attached hydrogen (secondary N) is 2. The molecule has 0 aliphatic heterocycles. The lowest BCUT2D eigenvalue weighted by Crippen LogP contribution is -2.28. The summed E-state index contributed by atoms with van der Waals surface area (Å²) < 4.78 is 35.9. The molecule has 2 nitrogen and oxygen atoms in total. The first-order valence-corrected chi connectivity index (χ1v) is 4.37. The predicted octanol–water partition coefficient (Wildman–Crippen LogP) is 2.43. The number of rotatable bonds is 3. The third-order valence-corrected chi connectivity index (χ3v) is 1.81. The van der Waals surface area contributed by atoms with Crippen LogP contribution >= 0.6 is 15.9 Å². The van der Waals surface area contributed by atoms with Crippen LogP contribution in [-0.2, 0) is 6.54 Å². The third-order valence-electron chi connectivity index (χ3n) is 1.35. The van der Waals surface area contributed by atoms with E-state index in [9.17, 15) is 13.2 Å². The predicted molar refractivity (Wildman–Crippen MR) is 46.3 cm³/mol. The Hall–Kier alpha value is -0.490. The van der Waals surface area contributed by atoms with Gasteiger partial charge in [0.25, 0.3) is 0 Å². The fraction of sp³-hybridized carbons (Fsp3) is 0.429. The molecule has 0 aliphatic rings. The SMILES string of the molecule is FC(F)(F)CNCc1cc(Br)c[nH]1. The van der Waals surface area contributed by atoms with Crippen LogP contribution < -0.4 is 5.32 Å². The fourth-order valence-corrected chi connectivity index (χ4v) is 1.24. The zero-order valence-electron chi connectivity index (χ0n) is 6.58. The molecule has 1 aromatic rings. The zero-order valence-corrected chi connectivity index (χ0v) is 8.17. The van der Waals surface area contributed by atoms with Crippen LogP contribution in [0.5, 0.6) is 0 Å². The van der Waals surface area contributed by atoms with Gasteiger partial charge in [-0.05, 0) is 22.0 Å². The zero-order chi connectivity index (χ0) is 9.90. The van der Waals surface area contributed by atoms with Crippen molar-refractivity contribution in [3.8, 4) is 0 Å². The Morgan fingerprint density at radius 1 is 1.46 bits per heavy atom. The van der Waals surface area contributed by atoms with E-state index >= 15 is 0 Å². The molecule has 0 saturated heterocycles. The highest BCUT2D eigenvalue weighted by atomic mass is 79.9. The van der Waals surface area contributed by atoms with Gasteiger partial charge in [-0.15, -0.1) is 0 Å². The Kier molecular flexibility index (Phi) is 3.38. The second kappa shape index (κ2) is 4.15. The highest BCUT2D eigenvalue weighted by molar-refractivity contribution is 9.10. The standard InChI is InChI=1S/C7H8BrF3N2/c8-5-1-6(13-2-5)3-12-4-7(9,10)11/h1-2,12-13H,3-4H2. The van der Waals surface area contributed by atoms with Crippen molar-refractivity contribution >= 4 is 15.9 Å². The van der Waals surface area contributed by atoms with E-state index in [1.54, 1.807) is 12.3 Å². The van der Waals surface area contributed by atoms with E-state index in [2.05, 4.69) is 26.2 Å². The van der Waals surface area contributed by atoms with Crippen molar-refractivity contribution in [1.82, 2.24) is 10.3 Å². The molecule has 0 fully saturated rings. The second-order valence-corrected chi connectivity index (χ2v) is 3.48. The van der Waals surface area contributed by atoms with Crippen LogP contribution in [0.4, 0.5) is 13.2 Å². The molecule has 1 rings (SSSR count). The first-order chi connectivity index (χ1) is 5.97. The average molecular weight is 257 g/mol. The van der Waals surface area contributed by atoms with Crippen molar-refractivity contribution in [2.24, 2.45) is 0 Å². The Labute approximate surface area is 81.6 Å². The number of alkyl halides is 3. The number of halogens is 4. The summed E-state index contributed by atoms with van der Waals surface area (Å²) in [5.74, 6) is 0. The fourth-order valence-electron chi connectivity index (χ4n) is 0.852. The second-order valence-electron chi connectivity index (χ2n) is 2.56. The molecule has 0 unspecified atom stereocenters. The maximum absolute atomic E-state index is 11.7. The Morgan fingerprint density at radius 2 is 2.15 bits per heavy atom. The average Bonchev–Trinajstić information content (AvgIpc) is 2.33. The third kappa shape index (κ3) is 4.33. The molecule has 1 heterocycles. The quantitative estimate of drug-likeness (QED) is 0.855. The Balaban J connectivity index is 2.28. The van der Waals surface area contributed by atoms with Gasteiger partial charge in [-0.3, -0.25) is 0 Å². The van der Waals surface area contributed by atoms with E-state index in [1.807, 2.05) is 0 Å². The first-order valence-electron chi connectivity index (χ1n) is 3.57. The molecule has 0 radical (unpaired) electrons. The molecule has 0 spiro atoms. The number of hydrogen-bond donors (Lipinski definition) is 2. The Bertz CT molecular complexity index is 269. The van der Waals surface area contributed by atoms with Gasteiger partial charge in [-0.25, -0.2) is 0 Å². The van der Waals surface area contributed by atoms with E-state index < -0.39 is 12.7 Å². The first kappa shape index (κ1) is 10.6. The van der Waals surface area contributed by atoms with Crippen LogP contribution in [0.3, 0.4) is 0 Å². The van der Waals surface area contributed by atoms with Crippen LogP contribution in [0, 0.1) is 0 Å². The van der Waals surface area contributed by atoms with Crippen molar-refractivity contribution in [3.05, 3.63) is 22.4 Å².